The number of benzene rings is 3. The molecule has 54 heavy (non-hydrogen) atoms. The molecule has 0 saturated carbocycles. The first-order valence-corrected chi connectivity index (χ1v) is 16.2. The van der Waals surface area contributed by atoms with Crippen molar-refractivity contribution in [2.45, 2.75) is 24.8 Å². The number of nitrogens with one attached hydrogen (secondary N) is 3. The molecule has 5 rings (SSSR count). The molecule has 2 aliphatic rings. The van der Waals surface area contributed by atoms with E-state index in [2.05, 4.69) is 16.0 Å². The fourth-order valence-electron chi connectivity index (χ4n) is 5.68. The molecule has 8 N–H and O–H groups in total. The summed E-state index contributed by atoms with van der Waals surface area (Å²) in [7, 11) is -1.99. The Morgan fingerprint density at radius 2 is 1.67 bits per heavy atom. The number of piperazine rings is 1. The van der Waals surface area contributed by atoms with Crippen molar-refractivity contribution in [2.24, 2.45) is 0 Å². The summed E-state index contributed by atoms with van der Waals surface area (Å²) in [6, 6.07) is 1.87. The molecule has 1 unspecified atom stereocenters. The monoisotopic (exact) mass is 777 g/mol. The van der Waals surface area contributed by atoms with E-state index in [1.165, 1.54) is 0 Å². The molecule has 0 aliphatic carbocycles. The average Bonchev–Trinajstić information content (AvgIpc) is 3.12. The van der Waals surface area contributed by atoms with Crippen molar-refractivity contribution >= 4 is 54.3 Å². The van der Waals surface area contributed by atoms with Gasteiger partial charge in [0.15, 0.2) is 17.3 Å². The van der Waals surface area contributed by atoms with Gasteiger partial charge in [0.25, 0.3) is 5.91 Å². The van der Waals surface area contributed by atoms with Gasteiger partial charge in [0.2, 0.25) is 5.91 Å². The summed E-state index contributed by atoms with van der Waals surface area (Å²) in [5.41, 5.74) is -1.90. The Bertz CT molecular complexity index is 2080. The van der Waals surface area contributed by atoms with Gasteiger partial charge < -0.3 is 51.0 Å². The van der Waals surface area contributed by atoms with Crippen molar-refractivity contribution in [1.29, 1.82) is 0 Å². The Morgan fingerprint density at radius 1 is 0.963 bits per heavy atom. The van der Waals surface area contributed by atoms with Gasteiger partial charge in [0.1, 0.15) is 34.7 Å². The van der Waals surface area contributed by atoms with E-state index in [9.17, 15) is 67.4 Å². The molecule has 3 aromatic carbocycles. The van der Waals surface area contributed by atoms with Crippen molar-refractivity contribution in [3.63, 3.8) is 0 Å². The molecule has 3 aromatic rings. The number of carboxylic acid groups (broad SMARTS) is 1. The van der Waals surface area contributed by atoms with Crippen LogP contribution in [0.3, 0.4) is 0 Å². The van der Waals surface area contributed by atoms with Crippen molar-refractivity contribution in [2.75, 3.05) is 26.2 Å². The number of hydrogen-bond donors (Lipinski definition) is 8. The zero-order valence-corrected chi connectivity index (χ0v) is 28.2. The molecule has 284 valence electrons. The second-order valence-electron chi connectivity index (χ2n) is 11.9. The van der Waals surface area contributed by atoms with Gasteiger partial charge >= 0.3 is 30.9 Å². The van der Waals surface area contributed by atoms with Crippen molar-refractivity contribution < 1.29 is 72.0 Å². The summed E-state index contributed by atoms with van der Waals surface area (Å²) in [4.78, 5) is 78.3. The van der Waals surface area contributed by atoms with E-state index < -0.39 is 118 Å². The summed E-state index contributed by atoms with van der Waals surface area (Å²) < 4.78 is 47.9. The van der Waals surface area contributed by atoms with E-state index in [1.807, 2.05) is 0 Å². The summed E-state index contributed by atoms with van der Waals surface area (Å²) in [5.74, 6) is -14.6. The third-order valence-electron chi connectivity index (χ3n) is 8.43. The number of fused-ring (bicyclic) bond motifs is 1. The van der Waals surface area contributed by atoms with Crippen LogP contribution in [0.5, 0.6) is 23.0 Å². The molecule has 0 radical (unpaired) electrons. The minimum atomic E-state index is -2.09. The maximum absolute atomic E-state index is 14.6. The Morgan fingerprint density at radius 3 is 2.37 bits per heavy atom. The fourth-order valence-corrected chi connectivity index (χ4v) is 5.93. The number of phenols is 3. The third kappa shape index (κ3) is 7.90. The number of phenolic OH excluding ortho intramolecular Hbond substituents is 3. The fraction of sp³-hybridized carbons (Fsp3) is 0.250. The first-order chi connectivity index (χ1) is 25.5. The number of amides is 6. The van der Waals surface area contributed by atoms with Crippen LogP contribution in [0.15, 0.2) is 36.4 Å². The maximum Gasteiger partial charge on any atom is 0.547 e. The number of aromatic carboxylic acids is 1. The number of nitrogens with zero attached hydrogens (tertiary/aromatic N) is 2. The topological polar surface area (TPSA) is 255 Å². The van der Waals surface area contributed by atoms with Crippen LogP contribution in [0.25, 0.3) is 0 Å². The van der Waals surface area contributed by atoms with Crippen LogP contribution >= 0.6 is 11.6 Å². The van der Waals surface area contributed by atoms with Crippen molar-refractivity contribution in [3.05, 3.63) is 81.1 Å². The van der Waals surface area contributed by atoms with Crippen LogP contribution in [-0.2, 0) is 20.8 Å². The first kappa shape index (κ1) is 39.0. The normalized spacial score (nSPS) is 15.9. The number of urea groups is 1. The molecule has 17 nitrogen and oxygen atoms in total. The number of aromatic hydroxyl groups is 3. The molecule has 0 aromatic heterocycles. The average molecular weight is 778 g/mol. The van der Waals surface area contributed by atoms with Gasteiger partial charge in [-0.3, -0.25) is 24.1 Å². The lowest BCUT2D eigenvalue weighted by Gasteiger charge is -2.34. The lowest BCUT2D eigenvalue weighted by molar-refractivity contribution is -0.153. The van der Waals surface area contributed by atoms with Crippen LogP contribution < -0.4 is 20.6 Å². The summed E-state index contributed by atoms with van der Waals surface area (Å²) in [5, 5.41) is 55.5. The predicted octanol–water partition coefficient (Wildman–Crippen LogP) is 0.954. The number of halogens is 4. The number of rotatable bonds is 10. The molecule has 22 heteroatoms. The minimum absolute atomic E-state index is 0.0473. The molecule has 2 heterocycles. The van der Waals surface area contributed by atoms with Gasteiger partial charge in [-0.05, 0) is 48.7 Å². The first-order valence-electron chi connectivity index (χ1n) is 15.8. The number of carboxylic acids is 1. The van der Waals surface area contributed by atoms with E-state index in [4.69, 9.17) is 16.3 Å². The zero-order chi connectivity index (χ0) is 39.6. The van der Waals surface area contributed by atoms with Crippen LogP contribution in [0, 0.1) is 17.5 Å². The van der Waals surface area contributed by atoms with Crippen LogP contribution in [0.2, 0.25) is 5.02 Å². The third-order valence-corrected chi connectivity index (χ3v) is 8.82. The highest BCUT2D eigenvalue weighted by molar-refractivity contribution is 6.47. The lowest BCUT2D eigenvalue weighted by atomic mass is 9.72. The number of carbonyl (C=O) groups is 6. The summed E-state index contributed by atoms with van der Waals surface area (Å²) >= 11 is 6.11. The van der Waals surface area contributed by atoms with Gasteiger partial charge in [0, 0.05) is 31.7 Å². The number of hydrogen-bond acceptors (Lipinski definition) is 11. The molecule has 2 atom stereocenters. The van der Waals surface area contributed by atoms with Crippen LogP contribution in [0.1, 0.15) is 44.3 Å². The Kier molecular flexibility index (Phi) is 11.4. The second kappa shape index (κ2) is 15.8. The molecule has 6 amide bonds. The van der Waals surface area contributed by atoms with Crippen LogP contribution in [-0.4, -0.2) is 110 Å². The molecule has 0 spiro atoms. The molecular weight excluding hydrogens is 750 g/mol. The smallest absolute Gasteiger partial charge is 0.534 e. The van der Waals surface area contributed by atoms with E-state index in [0.29, 0.717) is 11.0 Å². The summed E-state index contributed by atoms with van der Waals surface area (Å²) in [6.07, 6.45) is -0.264. The quantitative estimate of drug-likeness (QED) is 0.0620. The molecule has 0 bridgehead atoms. The molecule has 1 fully saturated rings. The highest BCUT2D eigenvalue weighted by Crippen LogP contribution is 2.40. The zero-order valence-electron chi connectivity index (χ0n) is 27.4. The highest BCUT2D eigenvalue weighted by atomic mass is 35.5. The Labute approximate surface area is 307 Å². The Balaban J connectivity index is 1.28. The van der Waals surface area contributed by atoms with E-state index in [1.54, 1.807) is 0 Å². The molecule has 1 saturated heterocycles. The van der Waals surface area contributed by atoms with Gasteiger partial charge in [-0.15, -0.1) is 0 Å². The summed E-state index contributed by atoms with van der Waals surface area (Å²) in [6.45, 7) is -0.815. The van der Waals surface area contributed by atoms with Gasteiger partial charge in [-0.25, -0.2) is 22.8 Å². The minimum Gasteiger partial charge on any atom is -0.534 e. The van der Waals surface area contributed by atoms with Crippen molar-refractivity contribution in [3.8, 4) is 23.0 Å². The molecule has 2 aliphatic heterocycles. The number of carbonyl (C=O) groups excluding carboxylic acids is 5. The van der Waals surface area contributed by atoms with Gasteiger partial charge in [-0.2, -0.15) is 0 Å². The standard InChI is InChI=1S/C32H28BClF3N5O12/c34-22-16(12-19(37)24(44)25(22)45)23(28(47)39-20-10-13-2-4-18(36)21(31(50)51)26(13)54-33(20)53)40-32(52)42-9-8-41(29(48)30(42)49)7-1-6-38-27(46)15-11-14(43)3-5-17(15)35/h2-5,11-12,20,23,43-45,53H,1,6-10H2,(H,38,46)(H,39,47)(H,40,52)(H,50,51)/t20-,23?/m0/s1. The second-order valence-corrected chi connectivity index (χ2v) is 12.3. The van der Waals surface area contributed by atoms with E-state index in [0.717, 1.165) is 35.2 Å². The van der Waals surface area contributed by atoms with Crippen LogP contribution in [0.4, 0.5) is 18.0 Å². The van der Waals surface area contributed by atoms with Gasteiger partial charge in [0.05, 0.1) is 16.5 Å². The lowest BCUT2D eigenvalue weighted by Crippen LogP contribution is -2.60. The van der Waals surface area contributed by atoms with E-state index >= 15 is 0 Å². The van der Waals surface area contributed by atoms with Gasteiger partial charge in [-0.1, -0.05) is 17.7 Å². The maximum atomic E-state index is 14.6. The highest BCUT2D eigenvalue weighted by Gasteiger charge is 2.42. The van der Waals surface area contributed by atoms with Crippen molar-refractivity contribution in [1.82, 2.24) is 25.8 Å². The predicted molar refractivity (Wildman–Crippen MR) is 177 cm³/mol. The van der Waals surface area contributed by atoms with E-state index in [-0.39, 0.29) is 43.8 Å². The molecular formula is C32H28BClF3N5O12. The largest absolute Gasteiger partial charge is 0.547 e. The SMILES string of the molecule is O=C(NCCCN1CCN(C(=O)NC(C(=O)N[C@H]2Cc3ccc(F)c(C(=O)O)c3OB2O)c2cc(F)c(O)c(O)c2Cl)C(=O)C1=O)c1cc(O)ccc1F. The number of imide groups is 1. The Hall–Kier alpha value is -6.22.